The number of amides is 2. The first kappa shape index (κ1) is 14.7. The largest absolute Gasteiger partial charge is 0.504 e. The molecule has 2 atom stereocenters. The number of ether oxygens (including phenoxy) is 1. The molecule has 110 valence electrons. The standard InChI is InChI=1S/C15H17N3O3/c1-4-9(3)18-13(14(16)17-15(18)20)10-6-7-11(19)12(8-10)21-5-2/h1,6-9,13,19H,5H2,2-3H3,(H2,16,17,20). The summed E-state index contributed by atoms with van der Waals surface area (Å²) in [6.45, 7) is 3.95. The average molecular weight is 287 g/mol. The summed E-state index contributed by atoms with van der Waals surface area (Å²) in [4.78, 5) is 17.1. The van der Waals surface area contributed by atoms with Gasteiger partial charge in [0.1, 0.15) is 11.9 Å². The molecule has 1 aromatic rings. The number of phenols is 1. The van der Waals surface area contributed by atoms with E-state index in [0.717, 1.165) is 0 Å². The molecule has 0 bridgehead atoms. The summed E-state index contributed by atoms with van der Waals surface area (Å²) in [6.07, 6.45) is 5.40. The number of nitrogens with zero attached hydrogens (tertiary/aromatic N) is 2. The summed E-state index contributed by atoms with van der Waals surface area (Å²) in [5.74, 6) is 3.03. The van der Waals surface area contributed by atoms with Crippen molar-refractivity contribution in [3.05, 3.63) is 23.8 Å². The second kappa shape index (κ2) is 5.75. The quantitative estimate of drug-likeness (QED) is 0.824. The first-order valence-corrected chi connectivity index (χ1v) is 6.57. The number of carbonyl (C=O) groups excluding carboxylic acids is 1. The lowest BCUT2D eigenvalue weighted by molar-refractivity contribution is 0.198. The van der Waals surface area contributed by atoms with E-state index in [-0.39, 0.29) is 11.6 Å². The van der Waals surface area contributed by atoms with Gasteiger partial charge in [0, 0.05) is 0 Å². The van der Waals surface area contributed by atoms with Crippen LogP contribution >= 0.6 is 0 Å². The van der Waals surface area contributed by atoms with Crippen molar-refractivity contribution < 1.29 is 14.6 Å². The molecule has 1 aliphatic heterocycles. The molecule has 2 unspecified atom stereocenters. The van der Waals surface area contributed by atoms with Crippen LogP contribution in [0, 0.1) is 12.3 Å². The number of benzene rings is 1. The van der Waals surface area contributed by atoms with Gasteiger partial charge in [0.2, 0.25) is 0 Å². The molecule has 2 amide bonds. The third kappa shape index (κ3) is 2.63. The summed E-state index contributed by atoms with van der Waals surface area (Å²) >= 11 is 0. The van der Waals surface area contributed by atoms with E-state index in [1.54, 1.807) is 19.1 Å². The van der Waals surface area contributed by atoms with Crippen molar-refractivity contribution in [3.63, 3.8) is 0 Å². The summed E-state index contributed by atoms with van der Waals surface area (Å²) in [5, 5.41) is 9.75. The molecule has 3 N–H and O–H groups in total. The Labute approximate surface area is 123 Å². The maximum Gasteiger partial charge on any atom is 0.347 e. The van der Waals surface area contributed by atoms with Crippen LogP contribution < -0.4 is 10.5 Å². The molecule has 0 saturated carbocycles. The van der Waals surface area contributed by atoms with Crippen molar-refractivity contribution in [3.8, 4) is 23.8 Å². The zero-order valence-corrected chi connectivity index (χ0v) is 11.9. The summed E-state index contributed by atoms with van der Waals surface area (Å²) in [6, 6.07) is 3.34. The number of nitrogens with two attached hydrogens (primary N) is 1. The van der Waals surface area contributed by atoms with Crippen molar-refractivity contribution in [2.75, 3.05) is 6.61 Å². The average Bonchev–Trinajstić information content (AvgIpc) is 2.75. The Morgan fingerprint density at radius 1 is 1.62 bits per heavy atom. The number of amidine groups is 1. The van der Waals surface area contributed by atoms with E-state index in [4.69, 9.17) is 16.9 Å². The van der Waals surface area contributed by atoms with Crippen molar-refractivity contribution in [2.45, 2.75) is 25.9 Å². The van der Waals surface area contributed by atoms with Gasteiger partial charge in [0.15, 0.2) is 11.5 Å². The van der Waals surface area contributed by atoms with Crippen molar-refractivity contribution in [1.29, 1.82) is 0 Å². The fourth-order valence-corrected chi connectivity index (χ4v) is 2.26. The molecule has 6 heteroatoms. The molecular formula is C15H17N3O3. The molecule has 0 spiro atoms. The molecule has 0 fully saturated rings. The minimum absolute atomic E-state index is 0.0250. The van der Waals surface area contributed by atoms with Crippen molar-refractivity contribution in [1.82, 2.24) is 4.90 Å². The van der Waals surface area contributed by atoms with Crippen molar-refractivity contribution >= 4 is 11.9 Å². The van der Waals surface area contributed by atoms with E-state index in [2.05, 4.69) is 10.9 Å². The van der Waals surface area contributed by atoms with Gasteiger partial charge in [-0.3, -0.25) is 4.90 Å². The van der Waals surface area contributed by atoms with E-state index in [9.17, 15) is 9.90 Å². The molecule has 21 heavy (non-hydrogen) atoms. The highest BCUT2D eigenvalue weighted by atomic mass is 16.5. The molecule has 2 rings (SSSR count). The monoisotopic (exact) mass is 287 g/mol. The molecular weight excluding hydrogens is 270 g/mol. The van der Waals surface area contributed by atoms with E-state index in [1.807, 2.05) is 6.92 Å². The maximum atomic E-state index is 11.9. The highest BCUT2D eigenvalue weighted by Gasteiger charge is 2.37. The van der Waals surface area contributed by atoms with Gasteiger partial charge in [-0.2, -0.15) is 4.99 Å². The molecule has 1 heterocycles. The zero-order chi connectivity index (χ0) is 15.6. The SMILES string of the molecule is C#CC(C)N1C(=O)N=C(N)C1c1ccc(O)c(OCC)c1. The Hall–Kier alpha value is -2.68. The summed E-state index contributed by atoms with van der Waals surface area (Å²) < 4.78 is 5.35. The smallest absolute Gasteiger partial charge is 0.347 e. The van der Waals surface area contributed by atoms with Crippen LogP contribution in [0.4, 0.5) is 4.79 Å². The topological polar surface area (TPSA) is 88.2 Å². The normalized spacial score (nSPS) is 19.1. The molecule has 6 nitrogen and oxygen atoms in total. The van der Waals surface area contributed by atoms with Gasteiger partial charge in [-0.05, 0) is 31.5 Å². The number of hydrogen-bond acceptors (Lipinski definition) is 4. The van der Waals surface area contributed by atoms with E-state index < -0.39 is 18.1 Å². The van der Waals surface area contributed by atoms with Gasteiger partial charge >= 0.3 is 6.03 Å². The van der Waals surface area contributed by atoms with E-state index in [1.165, 1.54) is 11.0 Å². The highest BCUT2D eigenvalue weighted by molar-refractivity contribution is 6.03. The van der Waals surface area contributed by atoms with Crippen LogP contribution in [0.2, 0.25) is 0 Å². The Morgan fingerprint density at radius 2 is 2.33 bits per heavy atom. The third-order valence-electron chi connectivity index (χ3n) is 3.26. The fraction of sp³-hybridized carbons (Fsp3) is 0.333. The Balaban J connectivity index is 2.44. The number of hydrogen-bond donors (Lipinski definition) is 2. The van der Waals surface area contributed by atoms with Crippen LogP contribution in [0.5, 0.6) is 11.5 Å². The van der Waals surface area contributed by atoms with Gasteiger partial charge in [0.25, 0.3) is 0 Å². The number of urea groups is 1. The lowest BCUT2D eigenvalue weighted by Gasteiger charge is -2.27. The van der Waals surface area contributed by atoms with Crippen LogP contribution in [-0.2, 0) is 0 Å². The lowest BCUT2D eigenvalue weighted by atomic mass is 10.0. The third-order valence-corrected chi connectivity index (χ3v) is 3.26. The molecule has 0 saturated heterocycles. The zero-order valence-electron chi connectivity index (χ0n) is 11.9. The number of carbonyl (C=O) groups is 1. The van der Waals surface area contributed by atoms with Gasteiger partial charge in [-0.1, -0.05) is 12.0 Å². The summed E-state index contributed by atoms with van der Waals surface area (Å²) in [5.41, 5.74) is 6.55. The fourth-order valence-electron chi connectivity index (χ4n) is 2.26. The Bertz CT molecular complexity index is 634. The number of aromatic hydroxyl groups is 1. The lowest BCUT2D eigenvalue weighted by Crippen LogP contribution is -2.38. The maximum absolute atomic E-state index is 11.9. The number of terminal acetylenes is 1. The molecule has 0 aromatic heterocycles. The van der Waals surface area contributed by atoms with Crippen molar-refractivity contribution in [2.24, 2.45) is 10.7 Å². The predicted molar refractivity (Wildman–Crippen MR) is 79.2 cm³/mol. The van der Waals surface area contributed by atoms with Gasteiger partial charge < -0.3 is 15.6 Å². The van der Waals surface area contributed by atoms with E-state index in [0.29, 0.717) is 17.9 Å². The molecule has 1 aliphatic rings. The predicted octanol–water partition coefficient (Wildman–Crippen LogP) is 1.65. The number of phenolic OH excluding ortho intramolecular Hbond substituents is 1. The molecule has 0 aliphatic carbocycles. The Kier molecular flexibility index (Phi) is 4.03. The molecule has 1 aromatic carbocycles. The van der Waals surface area contributed by atoms with E-state index >= 15 is 0 Å². The van der Waals surface area contributed by atoms with Crippen LogP contribution in [0.1, 0.15) is 25.5 Å². The van der Waals surface area contributed by atoms with Gasteiger partial charge in [-0.25, -0.2) is 4.79 Å². The molecule has 0 radical (unpaired) electrons. The van der Waals surface area contributed by atoms with Crippen LogP contribution in [0.25, 0.3) is 0 Å². The minimum Gasteiger partial charge on any atom is -0.504 e. The Morgan fingerprint density at radius 3 is 2.95 bits per heavy atom. The van der Waals surface area contributed by atoms with Gasteiger partial charge in [0.05, 0.1) is 12.6 Å². The highest BCUT2D eigenvalue weighted by Crippen LogP contribution is 2.34. The van der Waals surface area contributed by atoms with Crippen LogP contribution in [0.3, 0.4) is 0 Å². The summed E-state index contributed by atoms with van der Waals surface area (Å²) in [7, 11) is 0. The second-order valence-corrected chi connectivity index (χ2v) is 4.63. The van der Waals surface area contributed by atoms with Crippen LogP contribution in [0.15, 0.2) is 23.2 Å². The first-order valence-electron chi connectivity index (χ1n) is 6.57. The first-order chi connectivity index (χ1) is 9.99. The number of rotatable bonds is 4. The van der Waals surface area contributed by atoms with Crippen LogP contribution in [-0.4, -0.2) is 34.5 Å². The minimum atomic E-state index is -0.552. The second-order valence-electron chi connectivity index (χ2n) is 4.63. The number of aliphatic imine (C=N–C) groups is 1. The van der Waals surface area contributed by atoms with Gasteiger partial charge in [-0.15, -0.1) is 6.42 Å².